The molecule has 0 aliphatic rings. The highest BCUT2D eigenvalue weighted by atomic mass is 16.4. The topological polar surface area (TPSA) is 77.8 Å². The van der Waals surface area contributed by atoms with Gasteiger partial charge in [0.25, 0.3) is 0 Å². The second kappa shape index (κ2) is 7.62. The predicted molar refractivity (Wildman–Crippen MR) is 108 cm³/mol. The molecule has 27 heavy (non-hydrogen) atoms. The molecule has 0 bridgehead atoms. The molecule has 0 atom stereocenters. The van der Waals surface area contributed by atoms with E-state index in [-0.39, 0.29) is 11.5 Å². The van der Waals surface area contributed by atoms with Crippen molar-refractivity contribution in [3.63, 3.8) is 0 Å². The predicted octanol–water partition coefficient (Wildman–Crippen LogP) is 5.33. The number of carbonyl (C=O) groups is 1. The van der Waals surface area contributed by atoms with Crippen LogP contribution in [0.1, 0.15) is 0 Å². The van der Waals surface area contributed by atoms with Gasteiger partial charge in [0, 0.05) is 17.2 Å². The van der Waals surface area contributed by atoms with Crippen LogP contribution in [0, 0.1) is 0 Å². The van der Waals surface area contributed by atoms with Crippen molar-refractivity contribution < 1.29 is 20.1 Å². The van der Waals surface area contributed by atoms with Crippen LogP contribution in [0.3, 0.4) is 0 Å². The fourth-order valence-electron chi connectivity index (χ4n) is 3.05. The van der Waals surface area contributed by atoms with Crippen molar-refractivity contribution in [3.8, 4) is 22.6 Å². The van der Waals surface area contributed by atoms with E-state index in [1.165, 1.54) is 0 Å². The van der Waals surface area contributed by atoms with Crippen LogP contribution in [0.4, 0.5) is 0 Å². The van der Waals surface area contributed by atoms with Crippen LogP contribution >= 0.6 is 0 Å². The summed E-state index contributed by atoms with van der Waals surface area (Å²) in [6, 6.07) is 22.9. The number of carboxylic acid groups (broad SMARTS) is 1. The van der Waals surface area contributed by atoms with Crippen LogP contribution in [0.2, 0.25) is 0 Å². The Hall–Kier alpha value is -3.79. The van der Waals surface area contributed by atoms with Crippen molar-refractivity contribution >= 4 is 27.5 Å². The third-order valence-corrected chi connectivity index (χ3v) is 4.24. The minimum absolute atomic E-state index is 0.172. The first kappa shape index (κ1) is 18.0. The van der Waals surface area contributed by atoms with E-state index in [1.54, 1.807) is 12.1 Å². The molecule has 0 aliphatic carbocycles. The molecule has 4 aromatic rings. The molecule has 4 aromatic carbocycles. The van der Waals surface area contributed by atoms with Crippen molar-refractivity contribution in [1.82, 2.24) is 0 Å². The van der Waals surface area contributed by atoms with Gasteiger partial charge in [0.05, 0.1) is 0 Å². The van der Waals surface area contributed by atoms with Gasteiger partial charge in [-0.15, -0.1) is 0 Å². The minimum Gasteiger partial charge on any atom is -0.507 e. The van der Waals surface area contributed by atoms with Crippen LogP contribution in [0.25, 0.3) is 32.7 Å². The summed E-state index contributed by atoms with van der Waals surface area (Å²) in [5, 5.41) is 32.4. The minimum atomic E-state index is -0.981. The summed E-state index contributed by atoms with van der Waals surface area (Å²) >= 11 is 0. The van der Waals surface area contributed by atoms with Crippen LogP contribution in [0.5, 0.6) is 11.5 Å². The first-order valence-electron chi connectivity index (χ1n) is 8.30. The molecule has 4 rings (SSSR count). The summed E-state index contributed by atoms with van der Waals surface area (Å²) < 4.78 is 0. The Morgan fingerprint density at radius 1 is 0.704 bits per heavy atom. The molecule has 0 spiro atoms. The van der Waals surface area contributed by atoms with Gasteiger partial charge in [0.1, 0.15) is 11.5 Å². The SMILES string of the molecule is C=CC(=O)O.Oc1ccc2ccccc2c1-c1c(O)ccc2ccccc12. The number of aliphatic carboxylic acids is 1. The Morgan fingerprint density at radius 2 is 1.07 bits per heavy atom. The van der Waals surface area contributed by atoms with E-state index < -0.39 is 5.97 Å². The summed E-state index contributed by atoms with van der Waals surface area (Å²) in [5.41, 5.74) is 1.35. The summed E-state index contributed by atoms with van der Waals surface area (Å²) in [6.45, 7) is 2.96. The zero-order valence-corrected chi connectivity index (χ0v) is 14.5. The van der Waals surface area contributed by atoms with Gasteiger partial charge in [-0.2, -0.15) is 0 Å². The molecular formula is C23H18O4. The highest BCUT2D eigenvalue weighted by Gasteiger charge is 2.16. The highest BCUT2D eigenvalue weighted by Crippen LogP contribution is 2.44. The number of phenols is 2. The van der Waals surface area contributed by atoms with Crippen molar-refractivity contribution in [2.75, 3.05) is 0 Å². The molecule has 0 amide bonds. The van der Waals surface area contributed by atoms with Crippen LogP contribution in [-0.2, 0) is 4.79 Å². The zero-order chi connectivity index (χ0) is 19.4. The molecule has 0 unspecified atom stereocenters. The monoisotopic (exact) mass is 358 g/mol. The molecule has 134 valence electrons. The zero-order valence-electron chi connectivity index (χ0n) is 14.5. The van der Waals surface area contributed by atoms with Crippen molar-refractivity contribution in [1.29, 1.82) is 0 Å². The Bertz CT molecular complexity index is 1060. The van der Waals surface area contributed by atoms with Gasteiger partial charge in [0.2, 0.25) is 0 Å². The largest absolute Gasteiger partial charge is 0.507 e. The number of hydrogen-bond acceptors (Lipinski definition) is 3. The van der Waals surface area contributed by atoms with E-state index in [0.29, 0.717) is 11.1 Å². The van der Waals surface area contributed by atoms with E-state index in [2.05, 4.69) is 6.58 Å². The first-order valence-corrected chi connectivity index (χ1v) is 8.30. The maximum Gasteiger partial charge on any atom is 0.327 e. The van der Waals surface area contributed by atoms with Crippen molar-refractivity contribution in [3.05, 3.63) is 85.5 Å². The van der Waals surface area contributed by atoms with Gasteiger partial charge < -0.3 is 15.3 Å². The lowest BCUT2D eigenvalue weighted by Crippen LogP contribution is -1.86. The smallest absolute Gasteiger partial charge is 0.327 e. The fourth-order valence-corrected chi connectivity index (χ4v) is 3.05. The Morgan fingerprint density at radius 3 is 1.44 bits per heavy atom. The number of aromatic hydroxyl groups is 2. The van der Waals surface area contributed by atoms with Gasteiger partial charge in [-0.1, -0.05) is 67.2 Å². The number of benzene rings is 4. The average Bonchev–Trinajstić information content (AvgIpc) is 2.69. The van der Waals surface area contributed by atoms with Crippen molar-refractivity contribution in [2.45, 2.75) is 0 Å². The highest BCUT2D eigenvalue weighted by molar-refractivity contribution is 6.09. The molecule has 0 aromatic heterocycles. The van der Waals surface area contributed by atoms with E-state index in [1.807, 2.05) is 60.7 Å². The molecule has 0 aliphatic heterocycles. The van der Waals surface area contributed by atoms with E-state index in [0.717, 1.165) is 27.6 Å². The summed E-state index contributed by atoms with van der Waals surface area (Å²) in [5.74, 6) is -0.638. The summed E-state index contributed by atoms with van der Waals surface area (Å²) in [4.78, 5) is 9.25. The fraction of sp³-hybridized carbons (Fsp3) is 0. The quantitative estimate of drug-likeness (QED) is 0.423. The molecule has 3 N–H and O–H groups in total. The Kier molecular flexibility index (Phi) is 5.08. The van der Waals surface area contributed by atoms with Gasteiger partial charge in [-0.25, -0.2) is 4.79 Å². The van der Waals surface area contributed by atoms with E-state index >= 15 is 0 Å². The summed E-state index contributed by atoms with van der Waals surface area (Å²) in [6.07, 6.45) is 0.833. The van der Waals surface area contributed by atoms with Crippen LogP contribution in [0.15, 0.2) is 85.5 Å². The van der Waals surface area contributed by atoms with E-state index in [9.17, 15) is 15.0 Å². The molecule has 0 radical (unpaired) electrons. The number of hydrogen-bond donors (Lipinski definition) is 3. The maximum absolute atomic E-state index is 10.4. The average molecular weight is 358 g/mol. The van der Waals surface area contributed by atoms with E-state index in [4.69, 9.17) is 5.11 Å². The molecule has 4 nitrogen and oxygen atoms in total. The maximum atomic E-state index is 10.4. The molecule has 0 saturated heterocycles. The number of rotatable bonds is 2. The third kappa shape index (κ3) is 3.60. The molecule has 4 heteroatoms. The van der Waals surface area contributed by atoms with Crippen molar-refractivity contribution in [2.24, 2.45) is 0 Å². The molecular weight excluding hydrogens is 340 g/mol. The second-order valence-electron chi connectivity index (χ2n) is 5.90. The number of fused-ring (bicyclic) bond motifs is 2. The third-order valence-electron chi connectivity index (χ3n) is 4.24. The van der Waals surface area contributed by atoms with Crippen LogP contribution in [-0.4, -0.2) is 21.3 Å². The second-order valence-corrected chi connectivity index (χ2v) is 5.90. The van der Waals surface area contributed by atoms with Gasteiger partial charge in [-0.05, 0) is 33.7 Å². The van der Waals surface area contributed by atoms with Crippen LogP contribution < -0.4 is 0 Å². The van der Waals surface area contributed by atoms with Gasteiger partial charge in [0.15, 0.2) is 0 Å². The lowest BCUT2D eigenvalue weighted by molar-refractivity contribution is -0.131. The lowest BCUT2D eigenvalue weighted by atomic mass is 9.92. The van der Waals surface area contributed by atoms with Gasteiger partial charge >= 0.3 is 5.97 Å². The molecule has 0 heterocycles. The first-order chi connectivity index (χ1) is 13.0. The Balaban J connectivity index is 0.000000376. The lowest BCUT2D eigenvalue weighted by Gasteiger charge is -2.14. The molecule has 0 fully saturated rings. The standard InChI is InChI=1S/C20H14O2.C3H4O2/c21-17-11-9-13-5-1-3-7-15(13)19(17)20-16-8-4-2-6-14(16)10-12-18(20)22;1-2-3(4)5/h1-12,21-22H;2H,1H2,(H,4,5). The number of carboxylic acids is 1. The normalized spacial score (nSPS) is 10.2. The summed E-state index contributed by atoms with van der Waals surface area (Å²) in [7, 11) is 0. The molecule has 0 saturated carbocycles. The Labute approximate surface area is 156 Å². The van der Waals surface area contributed by atoms with Gasteiger partial charge in [-0.3, -0.25) is 0 Å². The number of phenolic OH excluding ortho intramolecular Hbond substituents is 2.